The van der Waals surface area contributed by atoms with E-state index < -0.39 is 0 Å². The molecule has 0 saturated heterocycles. The molecule has 0 radical (unpaired) electrons. The third kappa shape index (κ3) is 6.46. The fourth-order valence-corrected chi connectivity index (χ4v) is 1.54. The molecule has 0 N–H and O–H groups in total. The first kappa shape index (κ1) is 15.0. The number of esters is 1. The highest BCUT2D eigenvalue weighted by Gasteiger charge is 1.91. The summed E-state index contributed by atoms with van der Waals surface area (Å²) >= 11 is 0. The third-order valence-corrected chi connectivity index (χ3v) is 2.62. The van der Waals surface area contributed by atoms with Crippen molar-refractivity contribution in [2.24, 2.45) is 0 Å². The van der Waals surface area contributed by atoms with Crippen molar-refractivity contribution in [2.45, 2.75) is 19.3 Å². The monoisotopic (exact) mass is 260 g/mol. The molecular formula is C16H20O3. The van der Waals surface area contributed by atoms with Crippen molar-refractivity contribution in [3.8, 4) is 5.75 Å². The topological polar surface area (TPSA) is 35.5 Å². The number of hydrogen-bond donors (Lipinski definition) is 0. The number of methoxy groups -OCH3 is 2. The zero-order chi connectivity index (χ0) is 13.9. The molecular weight excluding hydrogens is 240 g/mol. The van der Waals surface area contributed by atoms with Crippen LogP contribution in [0.15, 0.2) is 42.5 Å². The minimum atomic E-state index is -0.297. The third-order valence-electron chi connectivity index (χ3n) is 2.62. The van der Waals surface area contributed by atoms with E-state index in [9.17, 15) is 4.79 Å². The standard InChI is InChI=1S/C16H20O3/c1-18-15-12-10-14(11-13-15)8-6-4-3-5-7-9-16(17)19-2/h6-13H,3-5H2,1-2H3/b8-6+,9-7+. The molecule has 0 aliphatic carbocycles. The van der Waals surface area contributed by atoms with E-state index in [0.29, 0.717) is 0 Å². The average Bonchev–Trinajstić information content (AvgIpc) is 2.46. The van der Waals surface area contributed by atoms with E-state index in [2.05, 4.69) is 16.9 Å². The van der Waals surface area contributed by atoms with Gasteiger partial charge in [-0.25, -0.2) is 4.79 Å². The summed E-state index contributed by atoms with van der Waals surface area (Å²) in [5.74, 6) is 0.568. The normalized spacial score (nSPS) is 11.1. The summed E-state index contributed by atoms with van der Waals surface area (Å²) in [5, 5.41) is 0. The van der Waals surface area contributed by atoms with Crippen LogP contribution >= 0.6 is 0 Å². The van der Waals surface area contributed by atoms with Gasteiger partial charge in [-0.15, -0.1) is 0 Å². The minimum Gasteiger partial charge on any atom is -0.497 e. The van der Waals surface area contributed by atoms with Crippen LogP contribution in [0.3, 0.4) is 0 Å². The van der Waals surface area contributed by atoms with Crippen LogP contribution in [0.25, 0.3) is 6.08 Å². The van der Waals surface area contributed by atoms with Crippen molar-refractivity contribution in [1.82, 2.24) is 0 Å². The van der Waals surface area contributed by atoms with Gasteiger partial charge in [0.1, 0.15) is 5.75 Å². The van der Waals surface area contributed by atoms with Gasteiger partial charge in [0.05, 0.1) is 14.2 Å². The predicted molar refractivity (Wildman–Crippen MR) is 77.0 cm³/mol. The summed E-state index contributed by atoms with van der Waals surface area (Å²) in [6.45, 7) is 0. The number of carbonyl (C=O) groups is 1. The predicted octanol–water partition coefficient (Wildman–Crippen LogP) is 3.61. The molecule has 0 aliphatic rings. The van der Waals surface area contributed by atoms with Crippen LogP contribution in [0.5, 0.6) is 5.75 Å². The van der Waals surface area contributed by atoms with Crippen molar-refractivity contribution < 1.29 is 14.3 Å². The van der Waals surface area contributed by atoms with Gasteiger partial charge in [-0.3, -0.25) is 0 Å². The van der Waals surface area contributed by atoms with Crippen molar-refractivity contribution in [2.75, 3.05) is 14.2 Å². The van der Waals surface area contributed by atoms with Gasteiger partial charge in [0, 0.05) is 6.08 Å². The first-order valence-electron chi connectivity index (χ1n) is 6.31. The molecule has 0 atom stereocenters. The fraction of sp³-hybridized carbons (Fsp3) is 0.312. The van der Waals surface area contributed by atoms with Gasteiger partial charge < -0.3 is 9.47 Å². The number of rotatable bonds is 7. The van der Waals surface area contributed by atoms with Gasteiger partial charge in [0.15, 0.2) is 0 Å². The number of ether oxygens (including phenoxy) is 2. The Morgan fingerprint density at radius 1 is 1.11 bits per heavy atom. The van der Waals surface area contributed by atoms with Crippen LogP contribution in [0.4, 0.5) is 0 Å². The number of unbranched alkanes of at least 4 members (excludes halogenated alkanes) is 2. The second kappa shape index (κ2) is 8.97. The Kier molecular flexibility index (Phi) is 7.10. The maximum Gasteiger partial charge on any atom is 0.330 e. The van der Waals surface area contributed by atoms with Gasteiger partial charge in [-0.05, 0) is 37.0 Å². The van der Waals surface area contributed by atoms with Crippen molar-refractivity contribution >= 4 is 12.0 Å². The molecule has 3 nitrogen and oxygen atoms in total. The zero-order valence-corrected chi connectivity index (χ0v) is 11.5. The first-order valence-corrected chi connectivity index (χ1v) is 6.31. The van der Waals surface area contributed by atoms with E-state index in [-0.39, 0.29) is 5.97 Å². The molecule has 0 bridgehead atoms. The van der Waals surface area contributed by atoms with Crippen LogP contribution in [-0.2, 0) is 9.53 Å². The Balaban J connectivity index is 2.23. The van der Waals surface area contributed by atoms with E-state index in [0.717, 1.165) is 30.6 Å². The summed E-state index contributed by atoms with van der Waals surface area (Å²) in [6.07, 6.45) is 10.4. The smallest absolute Gasteiger partial charge is 0.330 e. The SMILES string of the molecule is COC(=O)/C=C/CCC/C=C/c1ccc(OC)cc1. The highest BCUT2D eigenvalue weighted by molar-refractivity contribution is 5.81. The van der Waals surface area contributed by atoms with Crippen LogP contribution in [0.1, 0.15) is 24.8 Å². The lowest BCUT2D eigenvalue weighted by molar-refractivity contribution is -0.134. The molecule has 0 amide bonds. The molecule has 1 rings (SSSR count). The van der Waals surface area contributed by atoms with Gasteiger partial charge in [0.2, 0.25) is 0 Å². The summed E-state index contributed by atoms with van der Waals surface area (Å²) in [7, 11) is 3.04. The molecule has 0 fully saturated rings. The van der Waals surface area contributed by atoms with Crippen molar-refractivity contribution in [1.29, 1.82) is 0 Å². The van der Waals surface area contributed by atoms with Crippen LogP contribution in [0, 0.1) is 0 Å². The molecule has 0 aliphatic heterocycles. The lowest BCUT2D eigenvalue weighted by atomic mass is 10.1. The summed E-state index contributed by atoms with van der Waals surface area (Å²) in [4.78, 5) is 10.8. The van der Waals surface area contributed by atoms with Crippen LogP contribution < -0.4 is 4.74 Å². The number of hydrogen-bond acceptors (Lipinski definition) is 3. The summed E-state index contributed by atoms with van der Waals surface area (Å²) in [6, 6.07) is 7.93. The lowest BCUT2D eigenvalue weighted by Crippen LogP contribution is -1.93. The molecule has 3 heteroatoms. The molecule has 1 aromatic carbocycles. The highest BCUT2D eigenvalue weighted by atomic mass is 16.5. The maximum atomic E-state index is 10.8. The fourth-order valence-electron chi connectivity index (χ4n) is 1.54. The summed E-state index contributed by atoms with van der Waals surface area (Å²) < 4.78 is 9.60. The first-order chi connectivity index (χ1) is 9.26. The van der Waals surface area contributed by atoms with Gasteiger partial charge in [0.25, 0.3) is 0 Å². The Labute approximate surface area is 114 Å². The zero-order valence-electron chi connectivity index (χ0n) is 11.5. The van der Waals surface area contributed by atoms with E-state index in [1.807, 2.05) is 30.3 Å². The van der Waals surface area contributed by atoms with E-state index in [1.54, 1.807) is 7.11 Å². The Bertz CT molecular complexity index is 430. The number of carbonyl (C=O) groups excluding carboxylic acids is 1. The highest BCUT2D eigenvalue weighted by Crippen LogP contribution is 2.12. The summed E-state index contributed by atoms with van der Waals surface area (Å²) in [5.41, 5.74) is 1.16. The van der Waals surface area contributed by atoms with Crippen molar-refractivity contribution in [3.05, 3.63) is 48.1 Å². The Hall–Kier alpha value is -2.03. The van der Waals surface area contributed by atoms with Gasteiger partial charge >= 0.3 is 5.97 Å². The minimum absolute atomic E-state index is 0.297. The molecule has 0 saturated carbocycles. The second-order valence-electron chi connectivity index (χ2n) is 4.03. The van der Waals surface area contributed by atoms with E-state index in [1.165, 1.54) is 13.2 Å². The number of allylic oxidation sites excluding steroid dienone is 2. The van der Waals surface area contributed by atoms with Crippen molar-refractivity contribution in [3.63, 3.8) is 0 Å². The molecule has 0 aromatic heterocycles. The largest absolute Gasteiger partial charge is 0.497 e. The van der Waals surface area contributed by atoms with E-state index >= 15 is 0 Å². The van der Waals surface area contributed by atoms with Gasteiger partial charge in [-0.1, -0.05) is 30.4 Å². The number of benzene rings is 1. The van der Waals surface area contributed by atoms with Crippen LogP contribution in [0.2, 0.25) is 0 Å². The Morgan fingerprint density at radius 3 is 2.42 bits per heavy atom. The molecule has 102 valence electrons. The van der Waals surface area contributed by atoms with Gasteiger partial charge in [-0.2, -0.15) is 0 Å². The lowest BCUT2D eigenvalue weighted by Gasteiger charge is -1.99. The molecule has 0 unspecified atom stereocenters. The maximum absolute atomic E-state index is 10.8. The Morgan fingerprint density at radius 2 is 1.79 bits per heavy atom. The van der Waals surface area contributed by atoms with Crippen LogP contribution in [-0.4, -0.2) is 20.2 Å². The molecule has 0 heterocycles. The second-order valence-corrected chi connectivity index (χ2v) is 4.03. The molecule has 1 aromatic rings. The van der Waals surface area contributed by atoms with E-state index in [4.69, 9.17) is 4.74 Å². The quantitative estimate of drug-likeness (QED) is 0.427. The molecule has 19 heavy (non-hydrogen) atoms. The molecule has 0 spiro atoms. The average molecular weight is 260 g/mol.